The van der Waals surface area contributed by atoms with Crippen LogP contribution in [-0.2, 0) is 21.2 Å². The second kappa shape index (κ2) is 8.09. The molecule has 2 heterocycles. The van der Waals surface area contributed by atoms with Gasteiger partial charge in [0.25, 0.3) is 0 Å². The van der Waals surface area contributed by atoms with Crippen LogP contribution in [0.15, 0.2) is 42.5 Å². The number of piperazine rings is 1. The molecule has 0 saturated carbocycles. The number of methoxy groups -OCH3 is 2. The highest BCUT2D eigenvalue weighted by molar-refractivity contribution is 7.91. The van der Waals surface area contributed by atoms with E-state index in [9.17, 15) is 13.2 Å². The summed E-state index contributed by atoms with van der Waals surface area (Å²) >= 11 is 6.26. The van der Waals surface area contributed by atoms with E-state index in [1.54, 1.807) is 30.2 Å². The molecule has 0 bridgehead atoms. The topological polar surface area (TPSA) is 76.2 Å². The highest BCUT2D eigenvalue weighted by atomic mass is 35.5. The highest BCUT2D eigenvalue weighted by Crippen LogP contribution is 2.36. The van der Waals surface area contributed by atoms with Gasteiger partial charge in [-0.15, -0.1) is 0 Å². The van der Waals surface area contributed by atoms with E-state index in [0.717, 1.165) is 5.56 Å². The fourth-order valence-electron chi connectivity index (χ4n) is 4.32. The molecule has 0 aliphatic carbocycles. The number of ether oxygens (including phenoxy) is 2. The maximum Gasteiger partial charge on any atom is 0.241 e. The van der Waals surface area contributed by atoms with E-state index in [1.165, 1.54) is 7.11 Å². The van der Waals surface area contributed by atoms with Gasteiger partial charge in [0, 0.05) is 23.8 Å². The number of hydrogen-bond acceptors (Lipinski definition) is 6. The van der Waals surface area contributed by atoms with Crippen molar-refractivity contribution in [2.24, 2.45) is 0 Å². The third-order valence-electron chi connectivity index (χ3n) is 5.68. The number of benzene rings is 2. The maximum atomic E-state index is 13.2. The molecule has 2 aromatic rings. The standard InChI is InChI=1S/C21H23ClN2O5S/c1-28-19-6-4-3-5-14(19)10-23-11-21(25)24(18-13-30(26,27)12-17(18)23)15-7-8-20(29-2)16(22)9-15/h3-9,17-18H,10-13H2,1-2H3/t17-,18+/m0/s1. The second-order valence-corrected chi connectivity index (χ2v) is 10.1. The Morgan fingerprint density at radius 2 is 1.73 bits per heavy atom. The Morgan fingerprint density at radius 1 is 1.03 bits per heavy atom. The van der Waals surface area contributed by atoms with Gasteiger partial charge in [0.15, 0.2) is 9.84 Å². The van der Waals surface area contributed by atoms with Crippen molar-refractivity contribution in [3.8, 4) is 11.5 Å². The lowest BCUT2D eigenvalue weighted by atomic mass is 10.0. The van der Waals surface area contributed by atoms with Crippen molar-refractivity contribution in [3.05, 3.63) is 53.1 Å². The van der Waals surface area contributed by atoms with Gasteiger partial charge in [0.2, 0.25) is 5.91 Å². The van der Waals surface area contributed by atoms with Gasteiger partial charge >= 0.3 is 0 Å². The van der Waals surface area contributed by atoms with Crippen LogP contribution in [0.4, 0.5) is 5.69 Å². The molecule has 4 rings (SSSR count). The summed E-state index contributed by atoms with van der Waals surface area (Å²) < 4.78 is 35.7. The molecule has 9 heteroatoms. The minimum absolute atomic E-state index is 0.0144. The molecule has 1 amide bonds. The van der Waals surface area contributed by atoms with Crippen LogP contribution in [0.2, 0.25) is 5.02 Å². The highest BCUT2D eigenvalue weighted by Gasteiger charge is 2.49. The summed E-state index contributed by atoms with van der Waals surface area (Å²) in [4.78, 5) is 16.7. The van der Waals surface area contributed by atoms with Gasteiger partial charge in [-0.25, -0.2) is 8.42 Å². The molecule has 2 aliphatic heterocycles. The molecule has 0 unspecified atom stereocenters. The van der Waals surface area contributed by atoms with E-state index in [-0.39, 0.29) is 30.0 Å². The quantitative estimate of drug-likeness (QED) is 0.696. The van der Waals surface area contributed by atoms with Crippen molar-refractivity contribution in [1.29, 1.82) is 0 Å². The SMILES string of the molecule is COc1ccc(N2C(=O)CN(Cc3ccccc3OC)[C@H]3CS(=O)(=O)C[C@H]32)cc1Cl. The van der Waals surface area contributed by atoms with Gasteiger partial charge in [0.05, 0.1) is 43.3 Å². The molecule has 0 spiro atoms. The summed E-state index contributed by atoms with van der Waals surface area (Å²) in [6.45, 7) is 0.544. The van der Waals surface area contributed by atoms with Gasteiger partial charge in [-0.05, 0) is 24.3 Å². The van der Waals surface area contributed by atoms with Crippen molar-refractivity contribution < 1.29 is 22.7 Å². The molecular formula is C21H23ClN2O5S. The number of rotatable bonds is 5. The van der Waals surface area contributed by atoms with Gasteiger partial charge < -0.3 is 14.4 Å². The van der Waals surface area contributed by atoms with E-state index in [4.69, 9.17) is 21.1 Å². The third-order valence-corrected chi connectivity index (χ3v) is 7.67. The third kappa shape index (κ3) is 3.87. The first-order chi connectivity index (χ1) is 14.3. The van der Waals surface area contributed by atoms with Crippen LogP contribution in [-0.4, -0.2) is 63.6 Å². The summed E-state index contributed by atoms with van der Waals surface area (Å²) in [6, 6.07) is 11.8. The summed E-state index contributed by atoms with van der Waals surface area (Å²) in [5.41, 5.74) is 1.49. The molecule has 2 aliphatic rings. The van der Waals surface area contributed by atoms with Crippen LogP contribution < -0.4 is 14.4 Å². The van der Waals surface area contributed by atoms with Crippen LogP contribution in [0.3, 0.4) is 0 Å². The zero-order valence-electron chi connectivity index (χ0n) is 16.7. The Labute approximate surface area is 181 Å². The Kier molecular flexibility index (Phi) is 5.65. The zero-order valence-corrected chi connectivity index (χ0v) is 18.3. The number of nitrogens with zero attached hydrogens (tertiary/aromatic N) is 2. The molecule has 2 saturated heterocycles. The van der Waals surface area contributed by atoms with E-state index in [0.29, 0.717) is 28.8 Å². The monoisotopic (exact) mass is 450 g/mol. The first-order valence-corrected chi connectivity index (χ1v) is 11.7. The van der Waals surface area contributed by atoms with Crippen molar-refractivity contribution in [1.82, 2.24) is 4.90 Å². The van der Waals surface area contributed by atoms with E-state index >= 15 is 0 Å². The van der Waals surface area contributed by atoms with Gasteiger partial charge in [0.1, 0.15) is 11.5 Å². The average molecular weight is 451 g/mol. The van der Waals surface area contributed by atoms with Gasteiger partial charge in [-0.2, -0.15) is 0 Å². The Bertz CT molecular complexity index is 1070. The predicted molar refractivity (Wildman–Crippen MR) is 115 cm³/mol. The maximum absolute atomic E-state index is 13.2. The summed E-state index contributed by atoms with van der Waals surface area (Å²) in [5.74, 6) is 0.991. The van der Waals surface area contributed by atoms with Crippen LogP contribution in [0, 0.1) is 0 Å². The molecule has 0 radical (unpaired) electrons. The molecule has 30 heavy (non-hydrogen) atoms. The molecular weight excluding hydrogens is 428 g/mol. The van der Waals surface area contributed by atoms with Crippen molar-refractivity contribution in [2.75, 3.05) is 37.2 Å². The lowest BCUT2D eigenvalue weighted by Crippen LogP contribution is -2.61. The molecule has 2 fully saturated rings. The lowest BCUT2D eigenvalue weighted by Gasteiger charge is -2.43. The summed E-state index contributed by atoms with van der Waals surface area (Å²) in [6.07, 6.45) is 0. The summed E-state index contributed by atoms with van der Waals surface area (Å²) in [7, 11) is -0.170. The van der Waals surface area contributed by atoms with Crippen LogP contribution in [0.5, 0.6) is 11.5 Å². The molecule has 0 N–H and O–H groups in total. The lowest BCUT2D eigenvalue weighted by molar-refractivity contribution is -0.123. The molecule has 2 atom stereocenters. The fourth-order valence-corrected chi connectivity index (χ4v) is 6.56. The number of anilines is 1. The zero-order chi connectivity index (χ0) is 21.5. The number of fused-ring (bicyclic) bond motifs is 1. The minimum Gasteiger partial charge on any atom is -0.496 e. The fraction of sp³-hybridized carbons (Fsp3) is 0.381. The first kappa shape index (κ1) is 21.0. The number of sulfone groups is 1. The number of amides is 1. The van der Waals surface area contributed by atoms with E-state index in [1.807, 2.05) is 29.2 Å². The van der Waals surface area contributed by atoms with Crippen molar-refractivity contribution >= 4 is 33.0 Å². The van der Waals surface area contributed by atoms with E-state index in [2.05, 4.69) is 0 Å². The van der Waals surface area contributed by atoms with Crippen LogP contribution in [0.1, 0.15) is 5.56 Å². The van der Waals surface area contributed by atoms with E-state index < -0.39 is 15.9 Å². The average Bonchev–Trinajstić information content (AvgIpc) is 3.03. The van der Waals surface area contributed by atoms with Gasteiger partial charge in [-0.1, -0.05) is 29.8 Å². The Balaban J connectivity index is 1.68. The molecule has 0 aromatic heterocycles. The van der Waals surface area contributed by atoms with Crippen molar-refractivity contribution in [3.63, 3.8) is 0 Å². The smallest absolute Gasteiger partial charge is 0.241 e. The number of para-hydroxylation sites is 1. The number of carbonyl (C=O) groups excluding carboxylic acids is 1. The van der Waals surface area contributed by atoms with Crippen molar-refractivity contribution in [2.45, 2.75) is 18.6 Å². The molecule has 160 valence electrons. The largest absolute Gasteiger partial charge is 0.496 e. The number of hydrogen-bond donors (Lipinski definition) is 0. The Morgan fingerprint density at radius 3 is 2.43 bits per heavy atom. The second-order valence-electron chi connectivity index (χ2n) is 7.51. The van der Waals surface area contributed by atoms with Crippen LogP contribution in [0.25, 0.3) is 0 Å². The molecule has 2 aromatic carbocycles. The Hall–Kier alpha value is -2.29. The number of halogens is 1. The predicted octanol–water partition coefficient (Wildman–Crippen LogP) is 2.37. The summed E-state index contributed by atoms with van der Waals surface area (Å²) in [5, 5.41) is 0.372. The first-order valence-electron chi connectivity index (χ1n) is 9.55. The number of carbonyl (C=O) groups is 1. The molecule has 7 nitrogen and oxygen atoms in total. The normalized spacial score (nSPS) is 23.3. The van der Waals surface area contributed by atoms with Crippen LogP contribution >= 0.6 is 11.6 Å². The minimum atomic E-state index is -3.28. The van der Waals surface area contributed by atoms with Gasteiger partial charge in [-0.3, -0.25) is 9.69 Å².